The fraction of sp³-hybridized carbons (Fsp3) is 0.395. The molecule has 11 heteroatoms. The van der Waals surface area contributed by atoms with Crippen LogP contribution in [0.15, 0.2) is 25.3 Å². The first-order chi connectivity index (χ1) is 23.8. The summed E-state index contributed by atoms with van der Waals surface area (Å²) in [7, 11) is 4.88. The molecule has 0 amide bonds. The standard InChI is InChI=1S/C38H37N3O6S2/c1-15-14-18-20-21-23-26(36(47-5)38-31(40-11-13-49-38)28(23)33(44)34(45-3)24(21)19(15)16(2)42)25-22(20)27(30-37(35(25)46-4)48-12-10-39-30)32(43)29(18)41-17-8-6-7-9-17/h14,17,19,41,43-44H,6-13H2,1-5H3. The van der Waals surface area contributed by atoms with Crippen molar-refractivity contribution in [3.8, 4) is 28.7 Å². The normalized spacial score (nSPS) is 18.7. The van der Waals surface area contributed by atoms with Crippen LogP contribution >= 0.6 is 23.5 Å². The maximum absolute atomic E-state index is 13.8. The number of anilines is 1. The highest BCUT2D eigenvalue weighted by molar-refractivity contribution is 7.99. The summed E-state index contributed by atoms with van der Waals surface area (Å²) in [6.07, 6.45) is 6.30. The molecule has 4 aliphatic rings. The molecule has 9 nitrogen and oxygen atoms in total. The molecule has 0 aromatic heterocycles. The van der Waals surface area contributed by atoms with Crippen LogP contribution in [0, 0.1) is 0 Å². The number of ketones is 1. The first kappa shape index (κ1) is 30.9. The summed E-state index contributed by atoms with van der Waals surface area (Å²) < 4.78 is 18.8. The van der Waals surface area contributed by atoms with Crippen LogP contribution in [0.25, 0.3) is 49.2 Å². The predicted molar refractivity (Wildman–Crippen MR) is 197 cm³/mol. The number of nitrogens with one attached hydrogen (secondary N) is 1. The van der Waals surface area contributed by atoms with Gasteiger partial charge in [0, 0.05) is 68.7 Å². The van der Waals surface area contributed by atoms with Gasteiger partial charge in [-0.05, 0) is 32.1 Å². The van der Waals surface area contributed by atoms with Gasteiger partial charge < -0.3 is 29.7 Å². The van der Waals surface area contributed by atoms with Crippen LogP contribution in [0.2, 0.25) is 0 Å². The van der Waals surface area contributed by atoms with Crippen molar-refractivity contribution in [1.29, 1.82) is 0 Å². The van der Waals surface area contributed by atoms with Gasteiger partial charge in [-0.2, -0.15) is 0 Å². The van der Waals surface area contributed by atoms with Crippen LogP contribution in [0.1, 0.15) is 56.6 Å². The van der Waals surface area contributed by atoms with E-state index in [1.54, 1.807) is 51.8 Å². The minimum absolute atomic E-state index is 0.0470. The Bertz CT molecular complexity index is 2470. The number of aromatic hydroxyl groups is 2. The van der Waals surface area contributed by atoms with Crippen LogP contribution in [0.3, 0.4) is 0 Å². The highest BCUT2D eigenvalue weighted by Crippen LogP contribution is 2.60. The van der Waals surface area contributed by atoms with Gasteiger partial charge >= 0.3 is 0 Å². The molecule has 2 heterocycles. The van der Waals surface area contributed by atoms with E-state index < -0.39 is 5.92 Å². The zero-order valence-electron chi connectivity index (χ0n) is 28.1. The SMILES string of the molecule is COc1c(O)c2c3c(c(OC)c4c5c(OC)c6c(c7c(O)c(NC8CCCC8)c8c(c(c1C(C(C)=O)C(C)=C8)c24)c75)=NCCS6)SCCN=3. The maximum Gasteiger partial charge on any atom is 0.168 e. The second-order valence-corrected chi connectivity index (χ2v) is 15.6. The fourth-order valence-corrected chi connectivity index (χ4v) is 11.0. The molecule has 5 aromatic carbocycles. The zero-order valence-corrected chi connectivity index (χ0v) is 29.8. The van der Waals surface area contributed by atoms with Crippen LogP contribution in [0.5, 0.6) is 28.7 Å². The second-order valence-electron chi connectivity index (χ2n) is 13.4. The Hall–Kier alpha value is -4.09. The predicted octanol–water partition coefficient (Wildman–Crippen LogP) is 7.07. The summed E-state index contributed by atoms with van der Waals surface area (Å²) in [5.74, 6) is 2.39. The number of ether oxygens (including phenoxy) is 3. The Morgan fingerprint density at radius 3 is 1.88 bits per heavy atom. The molecule has 252 valence electrons. The number of allylic oxidation sites excluding steroid dienone is 1. The summed E-state index contributed by atoms with van der Waals surface area (Å²) in [6, 6.07) is 0.194. The van der Waals surface area contributed by atoms with Crippen molar-refractivity contribution in [2.75, 3.05) is 51.2 Å². The highest BCUT2D eigenvalue weighted by atomic mass is 32.2. The average Bonchev–Trinajstić information content (AvgIpc) is 3.58. The first-order valence-corrected chi connectivity index (χ1v) is 18.8. The number of carbonyl (C=O) groups excluding carboxylic acids is 1. The molecule has 1 atom stereocenters. The molecule has 0 bridgehead atoms. The molecule has 1 saturated carbocycles. The van der Waals surface area contributed by atoms with Gasteiger partial charge in [0.15, 0.2) is 11.5 Å². The van der Waals surface area contributed by atoms with E-state index in [1.165, 1.54) is 0 Å². The summed E-state index contributed by atoms with van der Waals surface area (Å²) in [4.78, 5) is 25.6. The molecule has 0 saturated heterocycles. The summed E-state index contributed by atoms with van der Waals surface area (Å²) in [6.45, 7) is 4.73. The van der Waals surface area contributed by atoms with Crippen molar-refractivity contribution < 1.29 is 29.2 Å². The Morgan fingerprint density at radius 2 is 1.33 bits per heavy atom. The molecule has 0 spiro atoms. The maximum atomic E-state index is 13.8. The molecule has 2 aliphatic carbocycles. The number of phenols is 2. The lowest BCUT2D eigenvalue weighted by Crippen LogP contribution is -2.20. The van der Waals surface area contributed by atoms with Crippen LogP contribution in [-0.4, -0.2) is 68.0 Å². The van der Waals surface area contributed by atoms with E-state index in [0.29, 0.717) is 57.3 Å². The Kier molecular flexibility index (Phi) is 7.08. The molecule has 1 unspecified atom stereocenters. The Balaban J connectivity index is 1.71. The average molecular weight is 696 g/mol. The van der Waals surface area contributed by atoms with E-state index in [1.807, 2.05) is 13.0 Å². The number of thioether (sulfide) groups is 2. The van der Waals surface area contributed by atoms with Crippen molar-refractivity contribution in [2.45, 2.75) is 61.3 Å². The first-order valence-electron chi connectivity index (χ1n) is 16.9. The van der Waals surface area contributed by atoms with Crippen LogP contribution in [-0.2, 0) is 4.79 Å². The van der Waals surface area contributed by atoms with Gasteiger partial charge in [0.05, 0.1) is 64.2 Å². The van der Waals surface area contributed by atoms with Crippen molar-refractivity contribution in [2.24, 2.45) is 9.98 Å². The fourth-order valence-electron chi connectivity index (χ4n) is 9.02. The van der Waals surface area contributed by atoms with Gasteiger partial charge in [-0.15, -0.1) is 23.5 Å². The number of methoxy groups -OCH3 is 3. The van der Waals surface area contributed by atoms with Crippen LogP contribution in [0.4, 0.5) is 5.69 Å². The van der Waals surface area contributed by atoms with Crippen molar-refractivity contribution in [3.63, 3.8) is 0 Å². The van der Waals surface area contributed by atoms with Crippen molar-refractivity contribution >= 4 is 84.2 Å². The van der Waals surface area contributed by atoms with Gasteiger partial charge in [-0.25, -0.2) is 0 Å². The number of nitrogens with zero attached hydrogens (tertiary/aromatic N) is 2. The third kappa shape index (κ3) is 4.00. The molecule has 1 fully saturated rings. The smallest absolute Gasteiger partial charge is 0.168 e. The quantitative estimate of drug-likeness (QED) is 0.0973. The summed E-state index contributed by atoms with van der Waals surface area (Å²) in [5, 5.41) is 36.0. The zero-order chi connectivity index (χ0) is 33.9. The molecule has 3 N–H and O–H groups in total. The molecular formula is C38H37N3O6S2. The number of carbonyl (C=O) groups is 1. The third-order valence-electron chi connectivity index (χ3n) is 10.8. The number of rotatable bonds is 6. The lowest BCUT2D eigenvalue weighted by atomic mass is 9.80. The van der Waals surface area contributed by atoms with Gasteiger partial charge in [0.1, 0.15) is 23.0 Å². The molecule has 0 radical (unpaired) electrons. The van der Waals surface area contributed by atoms with E-state index >= 15 is 0 Å². The lowest BCUT2D eigenvalue weighted by molar-refractivity contribution is -0.117. The largest absolute Gasteiger partial charge is 0.505 e. The van der Waals surface area contributed by atoms with E-state index in [2.05, 4.69) is 5.32 Å². The Morgan fingerprint density at radius 1 is 0.776 bits per heavy atom. The van der Waals surface area contributed by atoms with Crippen LogP contribution < -0.4 is 30.2 Å². The number of benzene rings is 5. The molecule has 9 rings (SSSR count). The van der Waals surface area contributed by atoms with E-state index in [4.69, 9.17) is 24.2 Å². The molecule has 2 aliphatic heterocycles. The van der Waals surface area contributed by atoms with Gasteiger partial charge in [-0.1, -0.05) is 24.5 Å². The number of hydrogen-bond donors (Lipinski definition) is 3. The molecular weight excluding hydrogens is 659 g/mol. The van der Waals surface area contributed by atoms with E-state index in [9.17, 15) is 15.0 Å². The topological polar surface area (TPSA) is 122 Å². The molecule has 5 aromatic rings. The third-order valence-corrected chi connectivity index (χ3v) is 12.9. The number of fused-ring (bicyclic) bond motifs is 5. The number of phenolic OH excluding ortho intramolecular Hbond substituents is 2. The summed E-state index contributed by atoms with van der Waals surface area (Å²) >= 11 is 3.32. The van der Waals surface area contributed by atoms with E-state index in [-0.39, 0.29) is 29.1 Å². The lowest BCUT2D eigenvalue weighted by Gasteiger charge is -2.29. The summed E-state index contributed by atoms with van der Waals surface area (Å²) in [5.41, 5.74) is 2.83. The van der Waals surface area contributed by atoms with Gasteiger partial charge in [0.2, 0.25) is 0 Å². The van der Waals surface area contributed by atoms with Gasteiger partial charge in [-0.3, -0.25) is 14.8 Å². The van der Waals surface area contributed by atoms with Crippen molar-refractivity contribution in [1.82, 2.24) is 0 Å². The monoisotopic (exact) mass is 695 g/mol. The van der Waals surface area contributed by atoms with E-state index in [0.717, 1.165) is 90.4 Å². The highest BCUT2D eigenvalue weighted by Gasteiger charge is 2.39. The minimum atomic E-state index is -0.716. The van der Waals surface area contributed by atoms with Crippen molar-refractivity contribution in [3.05, 3.63) is 27.4 Å². The Labute approximate surface area is 291 Å². The van der Waals surface area contributed by atoms with Gasteiger partial charge in [0.25, 0.3) is 0 Å². The molecule has 49 heavy (non-hydrogen) atoms. The minimum Gasteiger partial charge on any atom is -0.505 e. The number of Topliss-reactive ketones (excluding diaryl/α,β-unsaturated/α-hetero) is 1. The second kappa shape index (κ2) is 11.2. The number of hydrogen-bond acceptors (Lipinski definition) is 11.